The van der Waals surface area contributed by atoms with Gasteiger partial charge in [0.2, 0.25) is 12.7 Å². The van der Waals surface area contributed by atoms with Crippen LogP contribution < -0.4 is 14.8 Å². The third-order valence-electron chi connectivity index (χ3n) is 6.63. The van der Waals surface area contributed by atoms with Crippen molar-refractivity contribution in [3.8, 4) is 11.5 Å². The number of carbonyl (C=O) groups excluding carboxylic acids is 1. The van der Waals surface area contributed by atoms with Crippen LogP contribution in [-0.4, -0.2) is 30.7 Å². The van der Waals surface area contributed by atoms with E-state index in [4.69, 9.17) is 9.47 Å². The van der Waals surface area contributed by atoms with Gasteiger partial charge >= 0.3 is 0 Å². The molecule has 1 saturated heterocycles. The fraction of sp³-hybridized carbons (Fsp3) is 0.346. The number of ether oxygens (including phenoxy) is 2. The highest BCUT2D eigenvalue weighted by Gasteiger charge is 2.28. The fourth-order valence-electron chi connectivity index (χ4n) is 4.74. The van der Waals surface area contributed by atoms with Crippen LogP contribution in [0, 0.1) is 5.92 Å². The first-order valence-corrected chi connectivity index (χ1v) is 11.1. The van der Waals surface area contributed by atoms with E-state index in [0.29, 0.717) is 12.6 Å². The van der Waals surface area contributed by atoms with Crippen LogP contribution in [0.1, 0.15) is 36.9 Å². The molecule has 5 heteroatoms. The van der Waals surface area contributed by atoms with Crippen molar-refractivity contribution in [1.82, 2.24) is 10.2 Å². The molecular formula is C26H28N2O3. The lowest BCUT2D eigenvalue weighted by molar-refractivity contribution is -0.126. The van der Waals surface area contributed by atoms with Crippen molar-refractivity contribution in [2.75, 3.05) is 19.9 Å². The lowest BCUT2D eigenvalue weighted by Crippen LogP contribution is -2.41. The predicted molar refractivity (Wildman–Crippen MR) is 121 cm³/mol. The zero-order valence-corrected chi connectivity index (χ0v) is 17.8. The third kappa shape index (κ3) is 4.10. The SMILES string of the molecule is CC(c1cccc2ccccc12)N1CCC(C(=O)NCc2ccc3c(c2)OCO3)CC1. The summed E-state index contributed by atoms with van der Waals surface area (Å²) in [6, 6.07) is 21.3. The molecule has 31 heavy (non-hydrogen) atoms. The van der Waals surface area contributed by atoms with E-state index < -0.39 is 0 Å². The minimum Gasteiger partial charge on any atom is -0.454 e. The smallest absolute Gasteiger partial charge is 0.231 e. The van der Waals surface area contributed by atoms with E-state index in [0.717, 1.165) is 43.0 Å². The van der Waals surface area contributed by atoms with Crippen molar-refractivity contribution < 1.29 is 14.3 Å². The number of piperidine rings is 1. The summed E-state index contributed by atoms with van der Waals surface area (Å²) in [5.74, 6) is 1.74. The summed E-state index contributed by atoms with van der Waals surface area (Å²) >= 11 is 0. The minimum atomic E-state index is 0.0741. The number of hydrogen-bond acceptors (Lipinski definition) is 4. The molecule has 0 saturated carbocycles. The van der Waals surface area contributed by atoms with Gasteiger partial charge in [-0.25, -0.2) is 0 Å². The molecule has 0 aliphatic carbocycles. The molecule has 1 atom stereocenters. The first-order chi connectivity index (χ1) is 15.2. The highest BCUT2D eigenvalue weighted by atomic mass is 16.7. The van der Waals surface area contributed by atoms with Gasteiger partial charge < -0.3 is 14.8 Å². The molecule has 0 bridgehead atoms. The molecule has 2 aliphatic rings. The molecule has 2 heterocycles. The molecule has 5 nitrogen and oxygen atoms in total. The van der Waals surface area contributed by atoms with Gasteiger partial charge in [0.05, 0.1) is 0 Å². The summed E-state index contributed by atoms with van der Waals surface area (Å²) in [7, 11) is 0. The molecule has 1 fully saturated rings. The summed E-state index contributed by atoms with van der Waals surface area (Å²) in [5.41, 5.74) is 2.39. The zero-order chi connectivity index (χ0) is 21.2. The Kier molecular flexibility index (Phi) is 5.51. The first kappa shape index (κ1) is 19.9. The van der Waals surface area contributed by atoms with Crippen LogP contribution in [0.25, 0.3) is 10.8 Å². The number of nitrogens with one attached hydrogen (secondary N) is 1. The fourth-order valence-corrected chi connectivity index (χ4v) is 4.74. The molecule has 3 aromatic carbocycles. The van der Waals surface area contributed by atoms with Gasteiger partial charge in [-0.3, -0.25) is 9.69 Å². The number of amides is 1. The Bertz CT molecular complexity index is 1080. The highest BCUT2D eigenvalue weighted by Crippen LogP contribution is 2.33. The van der Waals surface area contributed by atoms with E-state index in [-0.39, 0.29) is 18.6 Å². The maximum Gasteiger partial charge on any atom is 0.231 e. The predicted octanol–water partition coefficient (Wildman–Crippen LogP) is 4.66. The molecule has 0 aromatic heterocycles. The Hall–Kier alpha value is -3.05. The highest BCUT2D eigenvalue weighted by molar-refractivity contribution is 5.86. The molecule has 0 spiro atoms. The zero-order valence-electron chi connectivity index (χ0n) is 17.8. The Labute approximate surface area is 183 Å². The van der Waals surface area contributed by atoms with Crippen molar-refractivity contribution in [2.24, 2.45) is 5.92 Å². The van der Waals surface area contributed by atoms with Crippen LogP contribution in [0.3, 0.4) is 0 Å². The minimum absolute atomic E-state index is 0.0741. The summed E-state index contributed by atoms with van der Waals surface area (Å²) in [6.07, 6.45) is 1.78. The normalized spacial score (nSPS) is 17.6. The molecule has 1 unspecified atom stereocenters. The molecule has 1 N–H and O–H groups in total. The molecule has 3 aromatic rings. The van der Waals surface area contributed by atoms with Crippen molar-refractivity contribution in [2.45, 2.75) is 32.4 Å². The van der Waals surface area contributed by atoms with Crippen molar-refractivity contribution >= 4 is 16.7 Å². The van der Waals surface area contributed by atoms with Crippen LogP contribution in [0.5, 0.6) is 11.5 Å². The van der Waals surface area contributed by atoms with Crippen molar-refractivity contribution in [3.63, 3.8) is 0 Å². The topological polar surface area (TPSA) is 50.8 Å². The second-order valence-electron chi connectivity index (χ2n) is 8.46. The van der Waals surface area contributed by atoms with Gasteiger partial charge in [-0.05, 0) is 66.9 Å². The quantitative estimate of drug-likeness (QED) is 0.657. The van der Waals surface area contributed by atoms with Gasteiger partial charge in [0.1, 0.15) is 0 Å². The van der Waals surface area contributed by atoms with E-state index in [9.17, 15) is 4.79 Å². The second-order valence-corrected chi connectivity index (χ2v) is 8.46. The van der Waals surface area contributed by atoms with Crippen LogP contribution in [0.4, 0.5) is 0 Å². The summed E-state index contributed by atoms with van der Waals surface area (Å²) in [6.45, 7) is 4.93. The van der Waals surface area contributed by atoms with Gasteiger partial charge in [-0.1, -0.05) is 48.5 Å². The first-order valence-electron chi connectivity index (χ1n) is 11.1. The van der Waals surface area contributed by atoms with Crippen LogP contribution in [0.2, 0.25) is 0 Å². The maximum atomic E-state index is 12.7. The van der Waals surface area contributed by atoms with E-state index in [1.165, 1.54) is 16.3 Å². The van der Waals surface area contributed by atoms with Crippen LogP contribution in [-0.2, 0) is 11.3 Å². The van der Waals surface area contributed by atoms with Crippen molar-refractivity contribution in [3.05, 3.63) is 71.8 Å². The van der Waals surface area contributed by atoms with E-state index >= 15 is 0 Å². The largest absolute Gasteiger partial charge is 0.454 e. The number of likely N-dealkylation sites (tertiary alicyclic amines) is 1. The summed E-state index contributed by atoms with van der Waals surface area (Å²) in [5, 5.41) is 5.71. The number of hydrogen-bond donors (Lipinski definition) is 1. The average Bonchev–Trinajstić information content (AvgIpc) is 3.30. The van der Waals surface area contributed by atoms with E-state index in [2.05, 4.69) is 59.6 Å². The lowest BCUT2D eigenvalue weighted by Gasteiger charge is -2.36. The number of fused-ring (bicyclic) bond motifs is 2. The Morgan fingerprint density at radius 2 is 1.81 bits per heavy atom. The van der Waals surface area contributed by atoms with Crippen molar-refractivity contribution in [1.29, 1.82) is 0 Å². The van der Waals surface area contributed by atoms with E-state index in [1.807, 2.05) is 18.2 Å². The Morgan fingerprint density at radius 3 is 2.68 bits per heavy atom. The summed E-state index contributed by atoms with van der Waals surface area (Å²) < 4.78 is 10.8. The van der Waals surface area contributed by atoms with Gasteiger partial charge in [0.15, 0.2) is 11.5 Å². The lowest BCUT2D eigenvalue weighted by atomic mass is 9.92. The third-order valence-corrected chi connectivity index (χ3v) is 6.63. The van der Waals surface area contributed by atoms with Crippen LogP contribution >= 0.6 is 0 Å². The Balaban J connectivity index is 1.17. The van der Waals surface area contributed by atoms with Gasteiger partial charge in [0, 0.05) is 18.5 Å². The standard InChI is InChI=1S/C26H28N2O3/c1-18(22-8-4-6-20-5-2-3-7-23(20)22)28-13-11-21(12-14-28)26(29)27-16-19-9-10-24-25(15-19)31-17-30-24/h2-10,15,18,21H,11-14,16-17H2,1H3,(H,27,29). The summed E-state index contributed by atoms with van der Waals surface area (Å²) in [4.78, 5) is 15.2. The van der Waals surface area contributed by atoms with Gasteiger partial charge in [-0.15, -0.1) is 0 Å². The molecule has 160 valence electrons. The molecular weight excluding hydrogens is 388 g/mol. The monoisotopic (exact) mass is 416 g/mol. The molecule has 1 amide bonds. The van der Waals surface area contributed by atoms with Gasteiger partial charge in [-0.2, -0.15) is 0 Å². The molecule has 5 rings (SSSR count). The van der Waals surface area contributed by atoms with E-state index in [1.54, 1.807) is 0 Å². The average molecular weight is 417 g/mol. The van der Waals surface area contributed by atoms with Gasteiger partial charge in [0.25, 0.3) is 0 Å². The Morgan fingerprint density at radius 1 is 1.03 bits per heavy atom. The molecule has 0 radical (unpaired) electrons. The maximum absolute atomic E-state index is 12.7. The number of carbonyl (C=O) groups is 1. The number of rotatable bonds is 5. The molecule has 2 aliphatic heterocycles. The second kappa shape index (κ2) is 8.60. The van der Waals surface area contributed by atoms with Crippen LogP contribution in [0.15, 0.2) is 60.7 Å². The number of benzene rings is 3. The number of nitrogens with zero attached hydrogens (tertiary/aromatic N) is 1.